The summed E-state index contributed by atoms with van der Waals surface area (Å²) in [6.45, 7) is 7.05. The lowest BCUT2D eigenvalue weighted by atomic mass is 10.1. The van der Waals surface area contributed by atoms with E-state index in [9.17, 15) is 14.4 Å². The van der Waals surface area contributed by atoms with Gasteiger partial charge in [-0.25, -0.2) is 4.79 Å². The van der Waals surface area contributed by atoms with Gasteiger partial charge in [0.2, 0.25) is 0 Å². The van der Waals surface area contributed by atoms with Gasteiger partial charge in [0.1, 0.15) is 17.9 Å². The monoisotopic (exact) mass is 417 g/mol. The number of hydrogen-bond donors (Lipinski definition) is 2. The molecule has 158 valence electrons. The van der Waals surface area contributed by atoms with E-state index in [2.05, 4.69) is 15.2 Å². The molecule has 31 heavy (non-hydrogen) atoms. The summed E-state index contributed by atoms with van der Waals surface area (Å²) in [7, 11) is 0. The molecule has 1 aromatic heterocycles. The van der Waals surface area contributed by atoms with E-state index in [1.165, 1.54) is 6.08 Å². The van der Waals surface area contributed by atoms with Crippen LogP contribution in [0.25, 0.3) is 17.0 Å². The maximum atomic E-state index is 12.2. The van der Waals surface area contributed by atoms with Crippen molar-refractivity contribution in [2.75, 3.05) is 6.61 Å². The molecule has 0 bridgehead atoms. The lowest BCUT2D eigenvalue weighted by Gasteiger charge is -2.14. The number of hydrogen-bond acceptors (Lipinski definition) is 4. The van der Waals surface area contributed by atoms with Crippen LogP contribution in [0.3, 0.4) is 0 Å². The Balaban J connectivity index is 1.67. The quantitative estimate of drug-likeness (QED) is 0.492. The number of carbonyl (C=O) groups is 3. The number of barbiturate groups is 1. The van der Waals surface area contributed by atoms with E-state index < -0.39 is 17.8 Å². The van der Waals surface area contributed by atoms with Gasteiger partial charge in [-0.3, -0.25) is 20.2 Å². The molecule has 0 atom stereocenters. The Labute approximate surface area is 179 Å². The lowest BCUT2D eigenvalue weighted by Crippen LogP contribution is -2.51. The fourth-order valence-electron chi connectivity index (χ4n) is 3.94. The molecule has 1 aliphatic heterocycles. The van der Waals surface area contributed by atoms with Crippen LogP contribution in [0.5, 0.6) is 5.75 Å². The number of urea groups is 1. The zero-order chi connectivity index (χ0) is 22.1. The second kappa shape index (κ2) is 8.10. The van der Waals surface area contributed by atoms with Crippen LogP contribution in [0.1, 0.15) is 22.4 Å². The molecule has 1 aliphatic rings. The number of aromatic nitrogens is 1. The predicted octanol–water partition coefficient (Wildman–Crippen LogP) is 3.39. The van der Waals surface area contributed by atoms with Crippen LogP contribution in [0, 0.1) is 20.8 Å². The Kier molecular flexibility index (Phi) is 5.33. The Morgan fingerprint density at radius 3 is 2.23 bits per heavy atom. The Morgan fingerprint density at radius 1 is 0.903 bits per heavy atom. The molecule has 7 heteroatoms. The summed E-state index contributed by atoms with van der Waals surface area (Å²) in [6, 6.07) is 13.0. The van der Waals surface area contributed by atoms with Crippen molar-refractivity contribution in [2.24, 2.45) is 0 Å². The molecule has 0 unspecified atom stereocenters. The first-order chi connectivity index (χ1) is 14.9. The molecular weight excluding hydrogens is 394 g/mol. The topological polar surface area (TPSA) is 89.4 Å². The van der Waals surface area contributed by atoms with E-state index in [-0.39, 0.29) is 5.57 Å². The van der Waals surface area contributed by atoms with Gasteiger partial charge in [-0.2, -0.15) is 0 Å². The van der Waals surface area contributed by atoms with E-state index in [0.717, 1.165) is 39.0 Å². The molecule has 4 rings (SSSR count). The number of aryl methyl sites for hydroxylation is 2. The molecule has 7 nitrogen and oxygen atoms in total. The number of nitrogens with zero attached hydrogens (tertiary/aromatic N) is 1. The highest BCUT2D eigenvalue weighted by atomic mass is 16.5. The smallest absolute Gasteiger partial charge is 0.328 e. The van der Waals surface area contributed by atoms with Crippen LogP contribution in [0.2, 0.25) is 0 Å². The van der Waals surface area contributed by atoms with Gasteiger partial charge in [0, 0.05) is 22.2 Å². The Hall–Kier alpha value is -3.87. The SMILES string of the molecule is Cc1cccc(C)c1OCCn1c(C)c(C=C2C(=O)NC(=O)NC2=O)c2ccccc21. The first kappa shape index (κ1) is 20.4. The van der Waals surface area contributed by atoms with Gasteiger partial charge in [-0.05, 0) is 44.0 Å². The van der Waals surface area contributed by atoms with Crippen molar-refractivity contribution in [2.45, 2.75) is 27.3 Å². The summed E-state index contributed by atoms with van der Waals surface area (Å²) >= 11 is 0. The normalized spacial score (nSPS) is 13.9. The summed E-state index contributed by atoms with van der Waals surface area (Å²) in [6.07, 6.45) is 1.54. The van der Waals surface area contributed by atoms with E-state index >= 15 is 0 Å². The second-order valence-corrected chi connectivity index (χ2v) is 7.53. The summed E-state index contributed by atoms with van der Waals surface area (Å²) in [5.74, 6) is -0.522. The molecule has 0 saturated carbocycles. The minimum Gasteiger partial charge on any atom is -0.491 e. The van der Waals surface area contributed by atoms with Crippen molar-refractivity contribution in [1.82, 2.24) is 15.2 Å². The average Bonchev–Trinajstić information content (AvgIpc) is 2.98. The number of rotatable bonds is 5. The highest BCUT2D eigenvalue weighted by molar-refractivity contribution is 6.31. The largest absolute Gasteiger partial charge is 0.491 e. The molecule has 1 fully saturated rings. The second-order valence-electron chi connectivity index (χ2n) is 7.53. The molecule has 2 aromatic carbocycles. The predicted molar refractivity (Wildman–Crippen MR) is 118 cm³/mol. The molecule has 2 N–H and O–H groups in total. The highest BCUT2D eigenvalue weighted by Crippen LogP contribution is 2.29. The molecule has 0 radical (unpaired) electrons. The minimum atomic E-state index is -0.810. The van der Waals surface area contributed by atoms with Gasteiger partial charge >= 0.3 is 6.03 Å². The number of amides is 4. The first-order valence-corrected chi connectivity index (χ1v) is 10.0. The zero-order valence-corrected chi connectivity index (χ0v) is 17.6. The third-order valence-corrected chi connectivity index (χ3v) is 5.48. The number of ether oxygens (including phenoxy) is 1. The maximum absolute atomic E-state index is 12.2. The highest BCUT2D eigenvalue weighted by Gasteiger charge is 2.28. The van der Waals surface area contributed by atoms with Crippen LogP contribution in [-0.2, 0) is 16.1 Å². The molecule has 4 amide bonds. The van der Waals surface area contributed by atoms with Gasteiger partial charge in [-0.15, -0.1) is 0 Å². The summed E-state index contributed by atoms with van der Waals surface area (Å²) in [5.41, 5.74) is 4.71. The minimum absolute atomic E-state index is 0.0996. The van der Waals surface area contributed by atoms with Crippen LogP contribution in [-0.4, -0.2) is 29.0 Å². The van der Waals surface area contributed by atoms with Crippen molar-refractivity contribution >= 4 is 34.8 Å². The fourth-order valence-corrected chi connectivity index (χ4v) is 3.94. The van der Waals surface area contributed by atoms with Crippen molar-refractivity contribution in [1.29, 1.82) is 0 Å². The zero-order valence-electron chi connectivity index (χ0n) is 17.6. The van der Waals surface area contributed by atoms with E-state index in [1.54, 1.807) is 0 Å². The third kappa shape index (κ3) is 3.82. The van der Waals surface area contributed by atoms with E-state index in [1.807, 2.05) is 63.2 Å². The first-order valence-electron chi connectivity index (χ1n) is 10.0. The van der Waals surface area contributed by atoms with Crippen LogP contribution in [0.15, 0.2) is 48.0 Å². The number of carbonyl (C=O) groups excluding carboxylic acids is 3. The molecule has 2 heterocycles. The van der Waals surface area contributed by atoms with Crippen LogP contribution < -0.4 is 15.4 Å². The maximum Gasteiger partial charge on any atom is 0.328 e. The number of benzene rings is 2. The van der Waals surface area contributed by atoms with E-state index in [4.69, 9.17) is 4.74 Å². The average molecular weight is 417 g/mol. The molecule has 0 aliphatic carbocycles. The molecular formula is C24H23N3O4. The van der Waals surface area contributed by atoms with Gasteiger partial charge in [0.25, 0.3) is 11.8 Å². The number of nitrogens with one attached hydrogen (secondary N) is 2. The van der Waals surface area contributed by atoms with Gasteiger partial charge in [0.15, 0.2) is 0 Å². The molecule has 3 aromatic rings. The van der Waals surface area contributed by atoms with E-state index in [0.29, 0.717) is 13.2 Å². The summed E-state index contributed by atoms with van der Waals surface area (Å²) < 4.78 is 8.19. The Bertz CT molecular complexity index is 1210. The Morgan fingerprint density at radius 2 is 1.55 bits per heavy atom. The summed E-state index contributed by atoms with van der Waals surface area (Å²) in [4.78, 5) is 35.7. The molecule has 0 spiro atoms. The fraction of sp³-hybridized carbons (Fsp3) is 0.208. The van der Waals surface area contributed by atoms with Gasteiger partial charge in [0.05, 0.1) is 6.54 Å². The summed E-state index contributed by atoms with van der Waals surface area (Å²) in [5, 5.41) is 5.14. The number of fused-ring (bicyclic) bond motifs is 1. The molecule has 1 saturated heterocycles. The van der Waals surface area contributed by atoms with Gasteiger partial charge < -0.3 is 9.30 Å². The number of imide groups is 2. The van der Waals surface area contributed by atoms with Crippen LogP contribution in [0.4, 0.5) is 4.79 Å². The lowest BCUT2D eigenvalue weighted by molar-refractivity contribution is -0.123. The van der Waals surface area contributed by atoms with Crippen molar-refractivity contribution in [3.8, 4) is 5.75 Å². The van der Waals surface area contributed by atoms with Gasteiger partial charge in [-0.1, -0.05) is 36.4 Å². The van der Waals surface area contributed by atoms with Crippen molar-refractivity contribution < 1.29 is 19.1 Å². The number of para-hydroxylation sites is 2. The van der Waals surface area contributed by atoms with Crippen molar-refractivity contribution in [3.05, 3.63) is 70.4 Å². The standard InChI is InChI=1S/C24H23N3O4/c1-14-7-6-8-15(2)21(14)31-12-11-27-16(3)18(17-9-4-5-10-20(17)27)13-19-22(28)25-24(30)26-23(19)29/h4-10,13H,11-12H2,1-3H3,(H2,25,26,28,29,30). The third-order valence-electron chi connectivity index (χ3n) is 5.48. The van der Waals surface area contributed by atoms with Crippen LogP contribution >= 0.6 is 0 Å². The van der Waals surface area contributed by atoms with Crippen molar-refractivity contribution in [3.63, 3.8) is 0 Å².